The summed E-state index contributed by atoms with van der Waals surface area (Å²) < 4.78 is 48.4. The number of carbonyl (C=O) groups is 1. The molecule has 0 saturated carbocycles. The van der Waals surface area contributed by atoms with Crippen molar-refractivity contribution in [3.05, 3.63) is 36.4 Å². The molecule has 1 amide bonds. The fraction of sp³-hybridized carbons (Fsp3) is 0.250. The molecule has 8 nitrogen and oxygen atoms in total. The maximum atomic E-state index is 12.1. The van der Waals surface area contributed by atoms with Crippen molar-refractivity contribution < 1.29 is 27.4 Å². The minimum atomic E-state index is -4.93. The second-order valence-electron chi connectivity index (χ2n) is 5.27. The summed E-state index contributed by atoms with van der Waals surface area (Å²) in [6.07, 6.45) is -4.93. The maximum absolute atomic E-state index is 12.1. The first kappa shape index (κ1) is 18.4. The van der Waals surface area contributed by atoms with Gasteiger partial charge in [-0.25, -0.2) is 0 Å². The number of ether oxygens (including phenoxy) is 2. The number of methoxy groups -OCH3 is 1. The Bertz CT molecular complexity index is 958. The fourth-order valence-corrected chi connectivity index (χ4v) is 2.27. The first-order valence-electron chi connectivity index (χ1n) is 7.74. The standard InChI is InChI=1S/C16H14F3N5O3/c1-26-11-5-3-2-4-10(11)14-22-21-12-6-7-13(23-24(12)14)27-9-8-20-15(25)16(17,18)19/h2-7H,8-9H2,1H3,(H,20,25). The van der Waals surface area contributed by atoms with E-state index in [0.717, 1.165) is 0 Å². The average molecular weight is 381 g/mol. The molecule has 0 radical (unpaired) electrons. The lowest BCUT2D eigenvalue weighted by molar-refractivity contribution is -0.173. The third-order valence-electron chi connectivity index (χ3n) is 3.48. The molecule has 142 valence electrons. The predicted molar refractivity (Wildman–Crippen MR) is 87.3 cm³/mol. The Labute approximate surface area is 150 Å². The molecular formula is C16H14F3N5O3. The molecule has 0 saturated heterocycles. The molecule has 2 aromatic heterocycles. The molecule has 0 aliphatic rings. The zero-order chi connectivity index (χ0) is 19.4. The van der Waals surface area contributed by atoms with Gasteiger partial charge in [0.2, 0.25) is 5.88 Å². The molecule has 0 aliphatic carbocycles. The van der Waals surface area contributed by atoms with E-state index >= 15 is 0 Å². The van der Waals surface area contributed by atoms with Crippen LogP contribution in [0.3, 0.4) is 0 Å². The number of aromatic nitrogens is 4. The summed E-state index contributed by atoms with van der Waals surface area (Å²) in [7, 11) is 1.53. The molecule has 0 spiro atoms. The highest BCUT2D eigenvalue weighted by Gasteiger charge is 2.38. The van der Waals surface area contributed by atoms with Crippen molar-refractivity contribution in [1.82, 2.24) is 25.1 Å². The molecule has 2 heterocycles. The molecule has 0 unspecified atom stereocenters. The summed E-state index contributed by atoms with van der Waals surface area (Å²) in [6.45, 7) is -0.508. The Kier molecular flexibility index (Phi) is 5.10. The van der Waals surface area contributed by atoms with Crippen LogP contribution in [0.4, 0.5) is 13.2 Å². The van der Waals surface area contributed by atoms with E-state index in [0.29, 0.717) is 22.8 Å². The van der Waals surface area contributed by atoms with E-state index in [1.807, 2.05) is 12.1 Å². The van der Waals surface area contributed by atoms with Crippen molar-refractivity contribution >= 4 is 11.6 Å². The zero-order valence-corrected chi connectivity index (χ0v) is 14.0. The van der Waals surface area contributed by atoms with Crippen LogP contribution in [0.1, 0.15) is 0 Å². The highest BCUT2D eigenvalue weighted by molar-refractivity contribution is 5.81. The van der Waals surface area contributed by atoms with Crippen LogP contribution in [-0.4, -0.2) is 52.2 Å². The Morgan fingerprint density at radius 1 is 1.19 bits per heavy atom. The number of alkyl halides is 3. The summed E-state index contributed by atoms with van der Waals surface area (Å²) >= 11 is 0. The number of fused-ring (bicyclic) bond motifs is 1. The van der Waals surface area contributed by atoms with Gasteiger partial charge in [-0.15, -0.1) is 15.3 Å². The summed E-state index contributed by atoms with van der Waals surface area (Å²) in [5.41, 5.74) is 1.11. The van der Waals surface area contributed by atoms with Crippen LogP contribution in [-0.2, 0) is 4.79 Å². The fourth-order valence-electron chi connectivity index (χ4n) is 2.27. The molecule has 1 N–H and O–H groups in total. The van der Waals surface area contributed by atoms with E-state index in [2.05, 4.69) is 15.3 Å². The van der Waals surface area contributed by atoms with Gasteiger partial charge in [-0.2, -0.15) is 17.7 Å². The van der Waals surface area contributed by atoms with E-state index in [-0.39, 0.29) is 19.0 Å². The van der Waals surface area contributed by atoms with Gasteiger partial charge in [0.15, 0.2) is 11.5 Å². The molecular weight excluding hydrogens is 367 g/mol. The van der Waals surface area contributed by atoms with Crippen molar-refractivity contribution in [3.8, 4) is 23.0 Å². The molecule has 11 heteroatoms. The first-order valence-corrected chi connectivity index (χ1v) is 7.74. The van der Waals surface area contributed by atoms with Gasteiger partial charge in [-0.3, -0.25) is 4.79 Å². The number of benzene rings is 1. The molecule has 0 atom stereocenters. The van der Waals surface area contributed by atoms with Crippen LogP contribution >= 0.6 is 0 Å². The second kappa shape index (κ2) is 7.48. The summed E-state index contributed by atoms with van der Waals surface area (Å²) in [5.74, 6) is -0.889. The van der Waals surface area contributed by atoms with E-state index in [9.17, 15) is 18.0 Å². The summed E-state index contributed by atoms with van der Waals surface area (Å²) in [6, 6.07) is 10.3. The van der Waals surface area contributed by atoms with Crippen molar-refractivity contribution in [2.75, 3.05) is 20.3 Å². The van der Waals surface area contributed by atoms with Crippen molar-refractivity contribution in [3.63, 3.8) is 0 Å². The van der Waals surface area contributed by atoms with Crippen LogP contribution in [0, 0.1) is 0 Å². The Hall–Kier alpha value is -3.37. The number of halogens is 3. The number of para-hydroxylation sites is 1. The number of nitrogens with one attached hydrogen (secondary N) is 1. The van der Waals surface area contributed by atoms with Gasteiger partial charge in [0.1, 0.15) is 12.4 Å². The smallest absolute Gasteiger partial charge is 0.471 e. The normalized spacial score (nSPS) is 11.4. The largest absolute Gasteiger partial charge is 0.496 e. The molecule has 0 aliphatic heterocycles. The van der Waals surface area contributed by atoms with E-state index in [1.54, 1.807) is 23.5 Å². The molecule has 0 fully saturated rings. The Morgan fingerprint density at radius 2 is 1.96 bits per heavy atom. The van der Waals surface area contributed by atoms with Gasteiger partial charge >= 0.3 is 12.1 Å². The molecule has 3 aromatic rings. The number of hydrogen-bond acceptors (Lipinski definition) is 6. The van der Waals surface area contributed by atoms with E-state index in [1.165, 1.54) is 17.7 Å². The van der Waals surface area contributed by atoms with Gasteiger partial charge in [0, 0.05) is 6.07 Å². The SMILES string of the molecule is COc1ccccc1-c1nnc2ccc(OCCNC(=O)C(F)(F)F)nn12. The predicted octanol–water partition coefficient (Wildman–Crippen LogP) is 1.86. The molecule has 0 bridgehead atoms. The molecule has 3 rings (SSSR count). The van der Waals surface area contributed by atoms with Crippen LogP contribution in [0.2, 0.25) is 0 Å². The van der Waals surface area contributed by atoms with Gasteiger partial charge in [-0.1, -0.05) is 12.1 Å². The van der Waals surface area contributed by atoms with Crippen molar-refractivity contribution in [1.29, 1.82) is 0 Å². The number of carbonyl (C=O) groups excluding carboxylic acids is 1. The Morgan fingerprint density at radius 3 is 2.70 bits per heavy atom. The lowest BCUT2D eigenvalue weighted by Crippen LogP contribution is -2.38. The van der Waals surface area contributed by atoms with E-state index in [4.69, 9.17) is 9.47 Å². The van der Waals surface area contributed by atoms with Gasteiger partial charge in [0.25, 0.3) is 0 Å². The lowest BCUT2D eigenvalue weighted by Gasteiger charge is -2.09. The first-order chi connectivity index (χ1) is 12.9. The average Bonchev–Trinajstić information content (AvgIpc) is 3.07. The monoisotopic (exact) mass is 381 g/mol. The lowest BCUT2D eigenvalue weighted by atomic mass is 10.2. The van der Waals surface area contributed by atoms with Gasteiger partial charge in [-0.05, 0) is 18.2 Å². The number of hydrogen-bond donors (Lipinski definition) is 1. The minimum Gasteiger partial charge on any atom is -0.496 e. The van der Waals surface area contributed by atoms with Gasteiger partial charge in [0.05, 0.1) is 19.2 Å². The van der Waals surface area contributed by atoms with Crippen molar-refractivity contribution in [2.45, 2.75) is 6.18 Å². The van der Waals surface area contributed by atoms with Crippen LogP contribution in [0.25, 0.3) is 17.0 Å². The highest BCUT2D eigenvalue weighted by atomic mass is 19.4. The Balaban J connectivity index is 1.75. The van der Waals surface area contributed by atoms with Crippen molar-refractivity contribution in [2.24, 2.45) is 0 Å². The van der Waals surface area contributed by atoms with Gasteiger partial charge < -0.3 is 14.8 Å². The molecule has 1 aromatic carbocycles. The third-order valence-corrected chi connectivity index (χ3v) is 3.48. The third kappa shape index (κ3) is 4.07. The number of rotatable bonds is 6. The summed E-state index contributed by atoms with van der Waals surface area (Å²) in [4.78, 5) is 10.7. The van der Waals surface area contributed by atoms with E-state index < -0.39 is 12.1 Å². The van der Waals surface area contributed by atoms with Crippen LogP contribution < -0.4 is 14.8 Å². The second-order valence-corrected chi connectivity index (χ2v) is 5.27. The summed E-state index contributed by atoms with van der Waals surface area (Å²) in [5, 5.41) is 14.1. The molecule has 27 heavy (non-hydrogen) atoms. The van der Waals surface area contributed by atoms with Crippen LogP contribution in [0.15, 0.2) is 36.4 Å². The topological polar surface area (TPSA) is 90.6 Å². The minimum absolute atomic E-state index is 0.139. The van der Waals surface area contributed by atoms with Crippen LogP contribution in [0.5, 0.6) is 11.6 Å². The highest BCUT2D eigenvalue weighted by Crippen LogP contribution is 2.28. The quantitative estimate of drug-likeness (QED) is 0.656. The zero-order valence-electron chi connectivity index (χ0n) is 14.0. The maximum Gasteiger partial charge on any atom is 0.471 e. The number of amides is 1. The number of nitrogens with zero attached hydrogens (tertiary/aromatic N) is 4.